The number of halogens is 1. The second-order valence-corrected chi connectivity index (χ2v) is 10.0. The van der Waals surface area contributed by atoms with Gasteiger partial charge in [-0.1, -0.05) is 19.4 Å². The number of piperidine rings is 1. The predicted octanol–water partition coefficient (Wildman–Crippen LogP) is 4.35. The minimum atomic E-state index is -0.556. The van der Waals surface area contributed by atoms with Crippen LogP contribution in [0.3, 0.4) is 0 Å². The first kappa shape index (κ1) is 24.1. The van der Waals surface area contributed by atoms with E-state index in [4.69, 9.17) is 4.74 Å². The van der Waals surface area contributed by atoms with Gasteiger partial charge in [0.05, 0.1) is 5.60 Å². The normalized spacial score (nSPS) is 26.1. The Hall–Kier alpha value is -1.99. The van der Waals surface area contributed by atoms with E-state index < -0.39 is 11.9 Å². The monoisotopic (exact) mass is 459 g/mol. The quantitative estimate of drug-likeness (QED) is 0.566. The van der Waals surface area contributed by atoms with Crippen LogP contribution in [0.25, 0.3) is 0 Å². The van der Waals surface area contributed by atoms with Crippen LogP contribution in [-0.4, -0.2) is 54.6 Å². The van der Waals surface area contributed by atoms with E-state index in [2.05, 4.69) is 15.5 Å². The molecular formula is C26H38FN3O3. The van der Waals surface area contributed by atoms with Gasteiger partial charge in [0.15, 0.2) is 0 Å². The van der Waals surface area contributed by atoms with Gasteiger partial charge in [0, 0.05) is 31.4 Å². The molecule has 2 N–H and O–H groups in total. The van der Waals surface area contributed by atoms with E-state index in [0.29, 0.717) is 24.6 Å². The maximum Gasteiger partial charge on any atom is 0.248 e. The Morgan fingerprint density at radius 2 is 2.00 bits per heavy atom. The lowest BCUT2D eigenvalue weighted by Crippen LogP contribution is -2.48. The molecule has 2 amide bonds. The van der Waals surface area contributed by atoms with Crippen LogP contribution in [0.5, 0.6) is 0 Å². The lowest BCUT2D eigenvalue weighted by atomic mass is 9.79. The molecule has 4 rings (SSSR count). The summed E-state index contributed by atoms with van der Waals surface area (Å²) in [5.41, 5.74) is 1.51. The molecule has 2 saturated heterocycles. The number of nitrogens with one attached hydrogen (secondary N) is 2. The molecule has 182 valence electrons. The number of carbonyl (C=O) groups excluding carboxylic acids is 2. The third-order valence-electron chi connectivity index (χ3n) is 7.98. The summed E-state index contributed by atoms with van der Waals surface area (Å²) in [6.45, 7) is 5.14. The van der Waals surface area contributed by atoms with Crippen molar-refractivity contribution in [1.29, 1.82) is 0 Å². The highest BCUT2D eigenvalue weighted by molar-refractivity contribution is 5.91. The number of nitrogens with zero attached hydrogens (tertiary/aromatic N) is 1. The smallest absolute Gasteiger partial charge is 0.248 e. The van der Waals surface area contributed by atoms with E-state index in [0.717, 1.165) is 70.2 Å². The highest BCUT2D eigenvalue weighted by atomic mass is 19.1. The highest BCUT2D eigenvalue weighted by Crippen LogP contribution is 2.40. The molecule has 1 saturated carbocycles. The first-order valence-electron chi connectivity index (χ1n) is 12.7. The Morgan fingerprint density at radius 3 is 2.61 bits per heavy atom. The van der Waals surface area contributed by atoms with Crippen LogP contribution in [0.2, 0.25) is 0 Å². The molecule has 7 heteroatoms. The number of hydrogen-bond acceptors (Lipinski definition) is 5. The summed E-state index contributed by atoms with van der Waals surface area (Å²) in [4.78, 5) is 25.3. The number of ether oxygens (including phenoxy) is 1. The Labute approximate surface area is 196 Å². The van der Waals surface area contributed by atoms with Gasteiger partial charge in [-0.05, 0) is 81.4 Å². The van der Waals surface area contributed by atoms with Crippen molar-refractivity contribution >= 4 is 18.0 Å². The lowest BCUT2D eigenvalue weighted by Gasteiger charge is -2.44. The van der Waals surface area contributed by atoms with E-state index in [1.54, 1.807) is 0 Å². The van der Waals surface area contributed by atoms with Crippen molar-refractivity contribution in [2.75, 3.05) is 25.0 Å². The number of amides is 2. The Morgan fingerprint density at radius 1 is 1.24 bits per heavy atom. The molecule has 3 aliphatic rings. The average Bonchev–Trinajstić information content (AvgIpc) is 3.28. The van der Waals surface area contributed by atoms with Crippen molar-refractivity contribution in [2.45, 2.75) is 94.7 Å². The molecule has 1 atom stereocenters. The number of benzene rings is 1. The van der Waals surface area contributed by atoms with Crippen molar-refractivity contribution in [2.24, 2.45) is 0 Å². The third kappa shape index (κ3) is 5.75. The van der Waals surface area contributed by atoms with Gasteiger partial charge in [-0.25, -0.2) is 4.39 Å². The standard InChI is InChI=1S/C26H38FN3O3/c1-2-4-24(25(32)28-18-31)29-20-7-10-22(23(27)17-20)19-5-8-21(9-6-19)30-14-12-26(13-15-30)11-3-16-33-26/h7,10,17-19,21,24,29H,2-6,8-9,11-16H2,1H3,(H,28,31,32). The summed E-state index contributed by atoms with van der Waals surface area (Å²) in [6, 6.07) is 5.26. The van der Waals surface area contributed by atoms with Crippen molar-refractivity contribution in [1.82, 2.24) is 10.2 Å². The van der Waals surface area contributed by atoms with Crippen LogP contribution in [0.4, 0.5) is 10.1 Å². The van der Waals surface area contributed by atoms with Gasteiger partial charge >= 0.3 is 0 Å². The van der Waals surface area contributed by atoms with E-state index in [-0.39, 0.29) is 17.3 Å². The Balaban J connectivity index is 1.30. The van der Waals surface area contributed by atoms with E-state index in [1.165, 1.54) is 18.9 Å². The largest absolute Gasteiger partial charge is 0.375 e. The van der Waals surface area contributed by atoms with Crippen molar-refractivity contribution in [3.05, 3.63) is 29.6 Å². The number of hydrogen-bond donors (Lipinski definition) is 2. The fraction of sp³-hybridized carbons (Fsp3) is 0.692. The second-order valence-electron chi connectivity index (χ2n) is 10.0. The van der Waals surface area contributed by atoms with Crippen molar-refractivity contribution < 1.29 is 18.7 Å². The van der Waals surface area contributed by atoms with Crippen LogP contribution >= 0.6 is 0 Å². The van der Waals surface area contributed by atoms with Crippen LogP contribution in [0.15, 0.2) is 18.2 Å². The first-order valence-corrected chi connectivity index (χ1v) is 12.7. The van der Waals surface area contributed by atoms with Gasteiger partial charge in [-0.3, -0.25) is 14.9 Å². The molecule has 33 heavy (non-hydrogen) atoms. The number of imide groups is 1. The zero-order valence-electron chi connectivity index (χ0n) is 19.8. The topological polar surface area (TPSA) is 70.7 Å². The zero-order valence-corrected chi connectivity index (χ0v) is 19.8. The van der Waals surface area contributed by atoms with Crippen LogP contribution in [0, 0.1) is 5.82 Å². The fourth-order valence-corrected chi connectivity index (χ4v) is 6.06. The Bertz CT molecular complexity index is 809. The molecule has 1 aromatic rings. The van der Waals surface area contributed by atoms with Gasteiger partial charge in [-0.15, -0.1) is 0 Å². The summed E-state index contributed by atoms with van der Waals surface area (Å²) < 4.78 is 21.1. The van der Waals surface area contributed by atoms with Gasteiger partial charge in [0.25, 0.3) is 0 Å². The maximum absolute atomic E-state index is 15.0. The molecule has 1 aliphatic carbocycles. The zero-order chi connectivity index (χ0) is 23.3. The second kappa shape index (κ2) is 11.0. The number of rotatable bonds is 8. The molecular weight excluding hydrogens is 421 g/mol. The van der Waals surface area contributed by atoms with Gasteiger partial charge < -0.3 is 15.0 Å². The fourth-order valence-electron chi connectivity index (χ4n) is 6.06. The summed E-state index contributed by atoms with van der Waals surface area (Å²) in [7, 11) is 0. The van der Waals surface area contributed by atoms with Crippen LogP contribution in [-0.2, 0) is 14.3 Å². The van der Waals surface area contributed by atoms with Gasteiger partial charge in [0.1, 0.15) is 11.9 Å². The molecule has 2 heterocycles. The lowest BCUT2D eigenvalue weighted by molar-refractivity contribution is -0.125. The summed E-state index contributed by atoms with van der Waals surface area (Å²) in [5.74, 6) is -0.361. The molecule has 6 nitrogen and oxygen atoms in total. The molecule has 3 fully saturated rings. The number of likely N-dealkylation sites (tertiary alicyclic amines) is 1. The molecule has 0 bridgehead atoms. The van der Waals surface area contributed by atoms with Gasteiger partial charge in [-0.2, -0.15) is 0 Å². The van der Waals surface area contributed by atoms with E-state index in [1.807, 2.05) is 19.1 Å². The highest BCUT2D eigenvalue weighted by Gasteiger charge is 2.40. The van der Waals surface area contributed by atoms with E-state index in [9.17, 15) is 9.59 Å². The average molecular weight is 460 g/mol. The van der Waals surface area contributed by atoms with Crippen LogP contribution in [0.1, 0.15) is 82.6 Å². The minimum absolute atomic E-state index is 0.163. The van der Waals surface area contributed by atoms with Crippen molar-refractivity contribution in [3.63, 3.8) is 0 Å². The third-order valence-corrected chi connectivity index (χ3v) is 7.98. The minimum Gasteiger partial charge on any atom is -0.375 e. The summed E-state index contributed by atoms with van der Waals surface area (Å²) in [6.07, 6.45) is 10.7. The number of carbonyl (C=O) groups is 2. The first-order chi connectivity index (χ1) is 16.0. The molecule has 0 radical (unpaired) electrons. The SMILES string of the molecule is CCCC(Nc1ccc(C2CCC(N3CCC4(CCCO4)CC3)CC2)c(F)c1)C(=O)NC=O. The van der Waals surface area contributed by atoms with E-state index >= 15 is 4.39 Å². The summed E-state index contributed by atoms with van der Waals surface area (Å²) in [5, 5.41) is 5.27. The molecule has 2 aliphatic heterocycles. The van der Waals surface area contributed by atoms with Gasteiger partial charge in [0.2, 0.25) is 12.3 Å². The molecule has 1 spiro atoms. The molecule has 1 unspecified atom stereocenters. The number of anilines is 1. The molecule has 1 aromatic carbocycles. The summed E-state index contributed by atoms with van der Waals surface area (Å²) >= 11 is 0. The van der Waals surface area contributed by atoms with Crippen molar-refractivity contribution in [3.8, 4) is 0 Å². The molecule has 0 aromatic heterocycles. The van der Waals surface area contributed by atoms with Crippen LogP contribution < -0.4 is 10.6 Å². The predicted molar refractivity (Wildman–Crippen MR) is 127 cm³/mol. The Kier molecular flexibility index (Phi) is 8.02. The maximum atomic E-state index is 15.0.